The van der Waals surface area contributed by atoms with Crippen molar-refractivity contribution in [2.75, 3.05) is 40.4 Å². The number of nitrogens with zero attached hydrogens (tertiary/aromatic N) is 6. The topological polar surface area (TPSA) is 188 Å². The summed E-state index contributed by atoms with van der Waals surface area (Å²) in [5.41, 5.74) is 2.90. The first kappa shape index (κ1) is 78.3. The number of esters is 2. The number of likely N-dealkylation sites (N-methyl/N-ethyl adjacent to an activating group) is 2. The van der Waals surface area contributed by atoms with Crippen molar-refractivity contribution >= 4 is 106 Å². The third-order valence-electron chi connectivity index (χ3n) is 16.0. The molecule has 2 fully saturated rings. The van der Waals surface area contributed by atoms with Gasteiger partial charge in [0.1, 0.15) is 0 Å². The molecule has 0 spiro atoms. The number of carbonyl (C=O) groups excluding carboxylic acids is 4. The molecule has 6 heterocycles. The van der Waals surface area contributed by atoms with E-state index in [0.29, 0.717) is 69.5 Å². The number of ether oxygens (including phenoxy) is 4. The molecule has 14 rings (SSSR count). The van der Waals surface area contributed by atoms with Gasteiger partial charge in [-0.25, -0.2) is 19.0 Å². The zero-order chi connectivity index (χ0) is 71.0. The molecule has 10 aromatic rings. The van der Waals surface area contributed by atoms with Gasteiger partial charge in [-0.3, -0.25) is 9.59 Å². The number of halogens is 3. The summed E-state index contributed by atoms with van der Waals surface area (Å²) in [6.07, 6.45) is 5.60. The second-order valence-corrected chi connectivity index (χ2v) is 30.3. The van der Waals surface area contributed by atoms with Crippen molar-refractivity contribution < 1.29 is 64.3 Å². The van der Waals surface area contributed by atoms with Crippen LogP contribution < -0.4 is 31.8 Å². The first-order valence-corrected chi connectivity index (χ1v) is 39.3. The van der Waals surface area contributed by atoms with E-state index in [4.69, 9.17) is 44.4 Å². The predicted octanol–water partition coefficient (Wildman–Crippen LogP) is 12.0. The SMILES string of the molecule is C.C#C[C@]1(O)CCN(C)C1=O.CCOC(=O)c1nn(-c2cccc(Br)c2)c2c1COC2.CCOC(=O)c1nn(-c2cccc(C#C[C@]3(O)CCN(C)C3=O)c2)c2c1COC2.[Cl][Pd][Cl].c1ccc(P(c2ccccc2)c2ccccc2)cc1.c1ccc(P(c2ccccc2)c2ccccc2)cc1. The van der Waals surface area contributed by atoms with E-state index in [0.717, 1.165) is 32.7 Å². The number of hydrogen-bond acceptors (Lipinski definition) is 12. The molecule has 0 saturated carbocycles. The largest absolute Gasteiger partial charge is 0.0622 e. The molecule has 8 aromatic carbocycles. The number of hydrogen-bond donors (Lipinski definition) is 2. The second kappa shape index (κ2) is 38.6. The Kier molecular flexibility index (Phi) is 29.9. The maximum absolute atomic E-state index is 12.2. The molecule has 0 radical (unpaired) electrons. The molecule has 2 atom stereocenters. The Bertz CT molecular complexity index is 4170. The van der Waals surface area contributed by atoms with E-state index >= 15 is 0 Å². The maximum Gasteiger partial charge on any atom is -0.0134 e. The van der Waals surface area contributed by atoms with Crippen LogP contribution in [0, 0.1) is 24.2 Å². The third kappa shape index (κ3) is 20.2. The summed E-state index contributed by atoms with van der Waals surface area (Å²) in [5, 5.41) is 37.0. The van der Waals surface area contributed by atoms with E-state index in [2.05, 4.69) is 226 Å². The quantitative estimate of drug-likeness (QED) is 0.0511. The molecular weight excluding hydrogens is 1510 g/mol. The van der Waals surface area contributed by atoms with Crippen LogP contribution in [0.3, 0.4) is 0 Å². The summed E-state index contributed by atoms with van der Waals surface area (Å²) in [4.78, 5) is 50.1. The summed E-state index contributed by atoms with van der Waals surface area (Å²) in [6.45, 7) is 6.64. The normalized spacial score (nSPS) is 15.9. The monoisotopic (exact) mass is 1590 g/mol. The van der Waals surface area contributed by atoms with Crippen LogP contribution in [0.2, 0.25) is 0 Å². The van der Waals surface area contributed by atoms with E-state index in [1.165, 1.54) is 41.6 Å². The van der Waals surface area contributed by atoms with Gasteiger partial charge in [-0.05, 0) is 97.9 Å². The Morgan fingerprint density at radius 3 is 1.19 bits per heavy atom. The van der Waals surface area contributed by atoms with Gasteiger partial charge in [-0.2, -0.15) is 10.2 Å². The first-order valence-electron chi connectivity index (χ1n) is 31.8. The summed E-state index contributed by atoms with van der Waals surface area (Å²) in [6, 6.07) is 79.6. The third-order valence-corrected chi connectivity index (χ3v) is 21.4. The average molecular weight is 1590 g/mol. The van der Waals surface area contributed by atoms with E-state index in [1.807, 2.05) is 30.3 Å². The number of aromatic nitrogens is 4. The van der Waals surface area contributed by atoms with Crippen molar-refractivity contribution in [1.29, 1.82) is 0 Å². The summed E-state index contributed by atoms with van der Waals surface area (Å²) in [7, 11) is 12.0. The van der Waals surface area contributed by atoms with Crippen molar-refractivity contribution in [2.24, 2.45) is 0 Å². The van der Waals surface area contributed by atoms with Gasteiger partial charge in [0.2, 0.25) is 11.2 Å². The molecule has 524 valence electrons. The number of likely N-dealkylation sites (tertiary alicyclic amines) is 2. The van der Waals surface area contributed by atoms with E-state index in [9.17, 15) is 29.4 Å². The zero-order valence-electron chi connectivity index (χ0n) is 55.3. The van der Waals surface area contributed by atoms with Gasteiger partial charge in [-0.15, -0.1) is 6.42 Å². The molecule has 4 aliphatic rings. The first-order chi connectivity index (χ1) is 48.5. The Morgan fingerprint density at radius 1 is 0.545 bits per heavy atom. The minimum atomic E-state index is -1.65. The molecule has 101 heavy (non-hydrogen) atoms. The van der Waals surface area contributed by atoms with Crippen LogP contribution in [0.1, 0.15) is 83.2 Å². The molecule has 2 aromatic heterocycles. The Morgan fingerprint density at radius 2 is 0.881 bits per heavy atom. The molecular formula is C79H77BrCl2N6O10P2Pd. The summed E-state index contributed by atoms with van der Waals surface area (Å²) in [5.74, 6) is 6.06. The Balaban J connectivity index is 0.000000163. The number of fused-ring (bicyclic) bond motifs is 2. The number of aliphatic hydroxyl groups is 2. The molecule has 0 aliphatic carbocycles. The van der Waals surface area contributed by atoms with Gasteiger partial charge >= 0.3 is 46.9 Å². The van der Waals surface area contributed by atoms with Crippen molar-refractivity contribution in [3.05, 3.63) is 274 Å². The summed E-state index contributed by atoms with van der Waals surface area (Å²) >= 11 is 3.33. The van der Waals surface area contributed by atoms with Gasteiger partial charge in [0, 0.05) is 61.2 Å². The minimum absolute atomic E-state index is 0. The standard InChI is InChI=1S/C21H21N3O5.2C18H15P.C14H13BrN2O3.C7H9NO2.CH4.2ClH.Pd/c1-3-29-19(25)18-16-12-28-13-17(16)24(22-18)15-6-4-5-14(11-15)7-8-21(27)9-10-23(2)20(21)26;2*1-4-10-16(11-5-1)19(17-12-6-2-7-13-17)18-14-8-3-9-15-18;1-2-20-14(18)13-11-7-19-8-12(11)17(16-13)10-5-3-4-9(15)6-10;1-3-7(10)4-5-8(2)6(7)9;;;;/h4-6,11,27H,3,9-10,12-13H2,1-2H3;2*1-15H;3-6H,2,7-8H2,1H3;1,10H,4-5H2,2H3;1H4;2*1H;/q;;;;;;;;+2/p-2/t21-;;;;7-;;;;/m0...0..../s1. The van der Waals surface area contributed by atoms with E-state index in [1.54, 1.807) is 55.5 Å². The number of amides is 2. The molecule has 16 nitrogen and oxygen atoms in total. The maximum atomic E-state index is 12.2. The fourth-order valence-corrected chi connectivity index (χ4v) is 16.0. The van der Waals surface area contributed by atoms with E-state index in [-0.39, 0.29) is 53.9 Å². The van der Waals surface area contributed by atoms with Crippen LogP contribution in [0.4, 0.5) is 0 Å². The molecule has 2 saturated heterocycles. The number of benzene rings is 8. The predicted molar refractivity (Wildman–Crippen MR) is 403 cm³/mol. The average Bonchev–Trinajstić information content (AvgIpc) is 1.62. The molecule has 0 unspecified atom stereocenters. The zero-order valence-corrected chi connectivity index (χ0v) is 61.7. The molecule has 2 amide bonds. The minimum Gasteiger partial charge on any atom is -0.0622 e. The number of carbonyl (C=O) groups is 4. The second-order valence-electron chi connectivity index (χ2n) is 22.6. The van der Waals surface area contributed by atoms with Crippen molar-refractivity contribution in [3.63, 3.8) is 0 Å². The van der Waals surface area contributed by atoms with Crippen molar-refractivity contribution in [3.8, 4) is 35.6 Å². The van der Waals surface area contributed by atoms with Crippen LogP contribution >= 0.6 is 50.8 Å². The molecule has 22 heteroatoms. The fraction of sp³-hybridized carbons (Fsp3) is 0.215. The van der Waals surface area contributed by atoms with Gasteiger partial charge < -0.3 is 39.0 Å². The van der Waals surface area contributed by atoms with Crippen LogP contribution in [0.5, 0.6) is 0 Å². The molecule has 0 bridgehead atoms. The summed E-state index contributed by atoms with van der Waals surface area (Å²) < 4.78 is 25.4. The van der Waals surface area contributed by atoms with Crippen LogP contribution in [-0.2, 0) is 70.9 Å². The Hall–Kier alpha value is -8.40. The van der Waals surface area contributed by atoms with Gasteiger partial charge in [0.15, 0.2) is 11.4 Å². The van der Waals surface area contributed by atoms with E-state index < -0.39 is 39.0 Å². The van der Waals surface area contributed by atoms with Crippen molar-refractivity contribution in [2.45, 2.75) is 71.7 Å². The Labute approximate surface area is 617 Å². The van der Waals surface area contributed by atoms with Crippen molar-refractivity contribution in [1.82, 2.24) is 29.4 Å². The molecule has 2 N–H and O–H groups in total. The van der Waals surface area contributed by atoms with Crippen LogP contribution in [0.15, 0.2) is 235 Å². The number of rotatable bonds is 12. The number of terminal acetylenes is 1. The van der Waals surface area contributed by atoms with Gasteiger partial charge in [0.05, 0.1) is 62.4 Å². The smallest absolute Gasteiger partial charge is 0.0134 e. The van der Waals surface area contributed by atoms with Gasteiger partial charge in [-0.1, -0.05) is 235 Å². The fourth-order valence-electron chi connectivity index (χ4n) is 11.0. The molecule has 4 aliphatic heterocycles. The van der Waals surface area contributed by atoms with Crippen LogP contribution in [0.25, 0.3) is 11.4 Å². The van der Waals surface area contributed by atoms with Gasteiger partial charge in [0.25, 0.3) is 11.8 Å². The van der Waals surface area contributed by atoms with Crippen LogP contribution in [-0.4, -0.2) is 115 Å².